The van der Waals surface area contributed by atoms with E-state index in [9.17, 15) is 28.4 Å². The van der Waals surface area contributed by atoms with Gasteiger partial charge in [-0.1, -0.05) is 23.7 Å². The Morgan fingerprint density at radius 3 is 2.43 bits per heavy atom. The lowest BCUT2D eigenvalue weighted by atomic mass is 10.00. The summed E-state index contributed by atoms with van der Waals surface area (Å²) in [5.41, 5.74) is -1.84. The first-order valence-corrected chi connectivity index (χ1v) is 9.12. The minimum atomic E-state index is -4.90. The molecule has 30 heavy (non-hydrogen) atoms. The van der Waals surface area contributed by atoms with Crippen LogP contribution in [0.4, 0.5) is 24.5 Å². The van der Waals surface area contributed by atoms with Crippen LogP contribution in [0, 0.1) is 10.1 Å². The first kappa shape index (κ1) is 21.7. The molecule has 0 saturated carbocycles. The number of hydrogen-bond donors (Lipinski definition) is 2. The number of nitro benzene ring substituents is 1. The van der Waals surface area contributed by atoms with E-state index in [1.54, 1.807) is 36.4 Å². The largest absolute Gasteiger partial charge is 0.467 e. The summed E-state index contributed by atoms with van der Waals surface area (Å²) in [7, 11) is 0. The van der Waals surface area contributed by atoms with E-state index in [1.165, 1.54) is 12.3 Å². The molecule has 0 unspecified atom stereocenters. The quantitative estimate of drug-likeness (QED) is 0.340. The molecule has 0 amide bonds. The smallest absolute Gasteiger partial charge is 0.423 e. The fourth-order valence-corrected chi connectivity index (χ4v) is 3.12. The van der Waals surface area contributed by atoms with Crippen LogP contribution in [0.5, 0.6) is 0 Å². The number of nitro groups is 1. The summed E-state index contributed by atoms with van der Waals surface area (Å²) in [5, 5.41) is 24.9. The zero-order chi connectivity index (χ0) is 21.9. The molecule has 6 nitrogen and oxygen atoms in total. The number of benzene rings is 2. The van der Waals surface area contributed by atoms with Gasteiger partial charge in [-0.3, -0.25) is 10.1 Å². The Bertz CT molecular complexity index is 1010. The maximum absolute atomic E-state index is 13.3. The molecule has 0 spiro atoms. The molecule has 0 aliphatic rings. The second-order valence-corrected chi connectivity index (χ2v) is 6.94. The summed E-state index contributed by atoms with van der Waals surface area (Å²) in [6.45, 7) is 0. The molecule has 2 atom stereocenters. The Labute approximate surface area is 174 Å². The second kappa shape index (κ2) is 8.76. The van der Waals surface area contributed by atoms with Crippen molar-refractivity contribution in [3.63, 3.8) is 0 Å². The molecule has 10 heteroatoms. The molecule has 0 aliphatic heterocycles. The lowest BCUT2D eigenvalue weighted by Gasteiger charge is -2.22. The third-order valence-corrected chi connectivity index (χ3v) is 4.69. The van der Waals surface area contributed by atoms with E-state index in [4.69, 9.17) is 16.0 Å². The molecule has 1 aromatic heterocycles. The predicted octanol–water partition coefficient (Wildman–Crippen LogP) is 6.14. The van der Waals surface area contributed by atoms with Gasteiger partial charge >= 0.3 is 6.18 Å². The number of aliphatic hydroxyl groups excluding tert-OH is 1. The highest BCUT2D eigenvalue weighted by molar-refractivity contribution is 6.30. The molecule has 1 heterocycles. The van der Waals surface area contributed by atoms with Gasteiger partial charge in [0, 0.05) is 23.2 Å². The van der Waals surface area contributed by atoms with E-state index >= 15 is 0 Å². The van der Waals surface area contributed by atoms with Crippen molar-refractivity contribution >= 4 is 23.0 Å². The van der Waals surface area contributed by atoms with Crippen LogP contribution >= 0.6 is 11.6 Å². The Morgan fingerprint density at radius 1 is 1.17 bits per heavy atom. The topological polar surface area (TPSA) is 88.5 Å². The van der Waals surface area contributed by atoms with E-state index in [1.807, 2.05) is 0 Å². The van der Waals surface area contributed by atoms with Crippen molar-refractivity contribution in [2.24, 2.45) is 0 Å². The Balaban J connectivity index is 1.89. The number of hydrogen-bond acceptors (Lipinski definition) is 5. The van der Waals surface area contributed by atoms with E-state index in [0.29, 0.717) is 22.4 Å². The maximum atomic E-state index is 13.3. The molecular formula is C20H16ClF3N2O4. The average Bonchev–Trinajstić information content (AvgIpc) is 3.22. The van der Waals surface area contributed by atoms with Gasteiger partial charge < -0.3 is 14.8 Å². The summed E-state index contributed by atoms with van der Waals surface area (Å²) in [6.07, 6.45) is -4.41. The summed E-state index contributed by atoms with van der Waals surface area (Å²) in [4.78, 5) is 9.86. The highest BCUT2D eigenvalue weighted by Gasteiger charge is 2.38. The van der Waals surface area contributed by atoms with Crippen LogP contribution in [0.1, 0.15) is 35.5 Å². The molecule has 0 bridgehead atoms. The average molecular weight is 441 g/mol. The third-order valence-electron chi connectivity index (χ3n) is 4.44. The second-order valence-electron chi connectivity index (χ2n) is 6.50. The zero-order valence-corrected chi connectivity index (χ0v) is 16.0. The van der Waals surface area contributed by atoms with Crippen LogP contribution < -0.4 is 5.32 Å². The molecule has 158 valence electrons. The fraction of sp³-hybridized carbons (Fsp3) is 0.200. The maximum Gasteiger partial charge on any atom is 0.423 e. The molecule has 3 rings (SSSR count). The monoisotopic (exact) mass is 440 g/mol. The van der Waals surface area contributed by atoms with Gasteiger partial charge in [-0.05, 0) is 42.0 Å². The van der Waals surface area contributed by atoms with Gasteiger partial charge in [0.05, 0.1) is 23.3 Å². The van der Waals surface area contributed by atoms with Gasteiger partial charge in [0.25, 0.3) is 5.69 Å². The number of anilines is 1. The number of halogens is 4. The van der Waals surface area contributed by atoms with Crippen molar-refractivity contribution in [2.75, 3.05) is 5.32 Å². The molecular weight excluding hydrogens is 425 g/mol. The van der Waals surface area contributed by atoms with Gasteiger partial charge in [-0.15, -0.1) is 0 Å². The molecule has 0 fully saturated rings. The molecule has 0 saturated heterocycles. The number of furan rings is 1. The van der Waals surface area contributed by atoms with E-state index in [2.05, 4.69) is 5.32 Å². The van der Waals surface area contributed by atoms with E-state index in [0.717, 1.165) is 6.07 Å². The van der Waals surface area contributed by atoms with Crippen LogP contribution in [0.3, 0.4) is 0 Å². The lowest BCUT2D eigenvalue weighted by molar-refractivity contribution is -0.388. The SMILES string of the molecule is O=[N+]([O-])c1ccc(N[C@H](C[C@H](O)c2ccc(Cl)cc2)c2ccco2)cc1C(F)(F)F. The lowest BCUT2D eigenvalue weighted by Crippen LogP contribution is -2.15. The van der Waals surface area contributed by atoms with Crippen LogP contribution in [0.25, 0.3) is 0 Å². The molecule has 0 aliphatic carbocycles. The highest BCUT2D eigenvalue weighted by Crippen LogP contribution is 2.39. The minimum absolute atomic E-state index is 0.00219. The number of nitrogens with one attached hydrogen (secondary N) is 1. The molecule has 3 aromatic rings. The summed E-state index contributed by atoms with van der Waals surface area (Å²) >= 11 is 5.85. The first-order chi connectivity index (χ1) is 14.1. The van der Waals surface area contributed by atoms with Crippen LogP contribution in [0.15, 0.2) is 65.3 Å². The Kier molecular flexibility index (Phi) is 6.33. The Hall–Kier alpha value is -3.04. The van der Waals surface area contributed by atoms with Crippen LogP contribution in [0.2, 0.25) is 5.02 Å². The minimum Gasteiger partial charge on any atom is -0.467 e. The number of rotatable bonds is 7. The molecule has 2 N–H and O–H groups in total. The Morgan fingerprint density at radius 2 is 1.87 bits per heavy atom. The third kappa shape index (κ3) is 5.11. The highest BCUT2D eigenvalue weighted by atomic mass is 35.5. The number of alkyl halides is 3. The normalized spacial score (nSPS) is 13.6. The van der Waals surface area contributed by atoms with Crippen LogP contribution in [-0.2, 0) is 6.18 Å². The number of aliphatic hydroxyl groups is 1. The van der Waals surface area contributed by atoms with E-state index in [-0.39, 0.29) is 12.1 Å². The van der Waals surface area contributed by atoms with Gasteiger partial charge in [-0.2, -0.15) is 13.2 Å². The van der Waals surface area contributed by atoms with Crippen molar-refractivity contribution < 1.29 is 27.6 Å². The van der Waals surface area contributed by atoms with Gasteiger partial charge in [0.2, 0.25) is 0 Å². The van der Waals surface area contributed by atoms with Gasteiger partial charge in [0.1, 0.15) is 11.3 Å². The zero-order valence-electron chi connectivity index (χ0n) is 15.3. The summed E-state index contributed by atoms with van der Waals surface area (Å²) in [5.74, 6) is 0.384. The van der Waals surface area contributed by atoms with Crippen molar-refractivity contribution in [1.82, 2.24) is 0 Å². The van der Waals surface area contributed by atoms with Crippen molar-refractivity contribution in [2.45, 2.75) is 24.7 Å². The first-order valence-electron chi connectivity index (χ1n) is 8.74. The predicted molar refractivity (Wildman–Crippen MR) is 104 cm³/mol. The summed E-state index contributed by atoms with van der Waals surface area (Å²) < 4.78 is 45.1. The molecule has 2 aromatic carbocycles. The van der Waals surface area contributed by atoms with Crippen molar-refractivity contribution in [1.29, 1.82) is 0 Å². The van der Waals surface area contributed by atoms with E-state index < -0.39 is 34.5 Å². The van der Waals surface area contributed by atoms with Gasteiger partial charge in [-0.25, -0.2) is 0 Å². The van der Waals surface area contributed by atoms with Crippen molar-refractivity contribution in [3.05, 3.63) is 92.9 Å². The summed E-state index contributed by atoms with van der Waals surface area (Å²) in [6, 6.07) is 11.7. The van der Waals surface area contributed by atoms with Gasteiger partial charge in [0.15, 0.2) is 0 Å². The van der Waals surface area contributed by atoms with Crippen molar-refractivity contribution in [3.8, 4) is 0 Å². The fourth-order valence-electron chi connectivity index (χ4n) is 2.99. The molecule has 0 radical (unpaired) electrons. The number of nitrogens with zero attached hydrogens (tertiary/aromatic N) is 1. The standard InChI is InChI=1S/C20H16ClF3N2O4/c21-13-5-3-12(4-6-13)18(27)11-16(19-2-1-9-30-19)25-14-7-8-17(26(28)29)15(10-14)20(22,23)24/h1-10,16,18,25,27H,11H2/t16-,18+/m1/s1. The van der Waals surface area contributed by atoms with Crippen LogP contribution in [-0.4, -0.2) is 10.0 Å².